The normalized spacial score (nSPS) is 28.7. The van der Waals surface area contributed by atoms with E-state index in [0.29, 0.717) is 31.0 Å². The van der Waals surface area contributed by atoms with E-state index in [2.05, 4.69) is 0 Å². The number of aliphatic hydroxyl groups excluding tert-OH is 1. The lowest BCUT2D eigenvalue weighted by molar-refractivity contribution is 0.0707. The Morgan fingerprint density at radius 1 is 1.37 bits per heavy atom. The zero-order valence-electron chi connectivity index (χ0n) is 10.9. The largest absolute Gasteiger partial charge is 0.445 e. The van der Waals surface area contributed by atoms with E-state index in [-0.39, 0.29) is 12.7 Å². The molecule has 1 aromatic carbocycles. The highest BCUT2D eigenvalue weighted by Gasteiger charge is 2.51. The van der Waals surface area contributed by atoms with Crippen molar-refractivity contribution in [3.63, 3.8) is 0 Å². The van der Waals surface area contributed by atoms with Crippen molar-refractivity contribution in [3.05, 3.63) is 35.9 Å². The summed E-state index contributed by atoms with van der Waals surface area (Å²) in [7, 11) is 0. The van der Waals surface area contributed by atoms with Crippen LogP contribution in [0.3, 0.4) is 0 Å². The summed E-state index contributed by atoms with van der Waals surface area (Å²) in [5.41, 5.74) is 1.01. The summed E-state index contributed by atoms with van der Waals surface area (Å²) in [6.07, 6.45) is 1.69. The number of rotatable bonds is 3. The van der Waals surface area contributed by atoms with Crippen LogP contribution in [0.2, 0.25) is 0 Å². The molecule has 2 aliphatic rings. The molecule has 0 bridgehead atoms. The van der Waals surface area contributed by atoms with E-state index in [1.165, 1.54) is 0 Å². The highest BCUT2D eigenvalue weighted by atomic mass is 16.6. The van der Waals surface area contributed by atoms with Crippen molar-refractivity contribution >= 4 is 6.09 Å². The minimum absolute atomic E-state index is 0.215. The van der Waals surface area contributed by atoms with Crippen LogP contribution >= 0.6 is 0 Å². The number of likely N-dealkylation sites (tertiary alicyclic amines) is 1. The molecule has 1 N–H and O–H groups in total. The Labute approximate surface area is 113 Å². The molecule has 3 atom stereocenters. The van der Waals surface area contributed by atoms with Gasteiger partial charge in [0, 0.05) is 19.2 Å². The van der Waals surface area contributed by atoms with E-state index in [9.17, 15) is 9.90 Å². The van der Waals surface area contributed by atoms with E-state index in [1.54, 1.807) is 0 Å². The quantitative estimate of drug-likeness (QED) is 0.905. The molecule has 3 rings (SSSR count). The summed E-state index contributed by atoms with van der Waals surface area (Å²) in [4.78, 5) is 13.9. The van der Waals surface area contributed by atoms with Crippen molar-refractivity contribution in [1.82, 2.24) is 4.90 Å². The van der Waals surface area contributed by atoms with Crippen LogP contribution in [0, 0.1) is 11.8 Å². The first-order chi connectivity index (χ1) is 9.29. The van der Waals surface area contributed by atoms with Crippen molar-refractivity contribution in [3.8, 4) is 0 Å². The third-order valence-corrected chi connectivity index (χ3v) is 4.23. The number of fused-ring (bicyclic) bond motifs is 1. The molecule has 1 saturated heterocycles. The van der Waals surface area contributed by atoms with Crippen LogP contribution in [-0.4, -0.2) is 35.3 Å². The van der Waals surface area contributed by atoms with Crippen LogP contribution in [0.5, 0.6) is 0 Å². The Hall–Kier alpha value is -1.55. The maximum absolute atomic E-state index is 12.0. The van der Waals surface area contributed by atoms with E-state index < -0.39 is 0 Å². The molecule has 19 heavy (non-hydrogen) atoms. The molecule has 1 aliphatic heterocycles. The minimum Gasteiger partial charge on any atom is -0.445 e. The van der Waals surface area contributed by atoms with Crippen molar-refractivity contribution < 1.29 is 14.6 Å². The summed E-state index contributed by atoms with van der Waals surface area (Å²) in [5.74, 6) is 0.867. The maximum atomic E-state index is 12.0. The van der Waals surface area contributed by atoms with Crippen molar-refractivity contribution in [1.29, 1.82) is 0 Å². The molecule has 1 saturated carbocycles. The summed E-state index contributed by atoms with van der Waals surface area (Å²) in [5, 5.41) is 9.23. The van der Waals surface area contributed by atoms with Gasteiger partial charge in [-0.25, -0.2) is 4.79 Å². The average molecular weight is 261 g/mol. The molecule has 0 spiro atoms. The number of hydrogen-bond donors (Lipinski definition) is 1. The Balaban J connectivity index is 1.52. The number of carbonyl (C=O) groups excluding carboxylic acids is 1. The highest BCUT2D eigenvalue weighted by Crippen LogP contribution is 2.46. The zero-order chi connectivity index (χ0) is 13.2. The molecule has 0 aromatic heterocycles. The fourth-order valence-electron chi connectivity index (χ4n) is 3.01. The fraction of sp³-hybridized carbons (Fsp3) is 0.533. The van der Waals surface area contributed by atoms with Gasteiger partial charge in [-0.2, -0.15) is 0 Å². The summed E-state index contributed by atoms with van der Waals surface area (Å²) in [6, 6.07) is 10.0. The first-order valence-electron chi connectivity index (χ1n) is 6.88. The number of hydrogen-bond acceptors (Lipinski definition) is 3. The predicted octanol–water partition coefficient (Wildman–Crippen LogP) is 2.03. The van der Waals surface area contributed by atoms with Crippen LogP contribution in [0.25, 0.3) is 0 Å². The Morgan fingerprint density at radius 2 is 2.16 bits per heavy atom. The van der Waals surface area contributed by atoms with Gasteiger partial charge < -0.3 is 14.7 Å². The van der Waals surface area contributed by atoms with Gasteiger partial charge in [0.15, 0.2) is 0 Å². The highest BCUT2D eigenvalue weighted by molar-refractivity contribution is 5.69. The third kappa shape index (κ3) is 2.59. The molecule has 3 unspecified atom stereocenters. The Morgan fingerprint density at radius 3 is 2.89 bits per heavy atom. The molecule has 1 aliphatic carbocycles. The molecule has 1 heterocycles. The Bertz CT molecular complexity index is 448. The number of piperidine rings is 1. The van der Waals surface area contributed by atoms with E-state index >= 15 is 0 Å². The van der Waals surface area contributed by atoms with Gasteiger partial charge in [0.25, 0.3) is 0 Å². The first kappa shape index (κ1) is 12.5. The van der Waals surface area contributed by atoms with Gasteiger partial charge in [0.05, 0.1) is 0 Å². The van der Waals surface area contributed by atoms with Crippen LogP contribution in [0.4, 0.5) is 4.79 Å². The second-order valence-electron chi connectivity index (χ2n) is 5.43. The standard InChI is InChI=1S/C15H19NO3/c17-9-12-6-7-16(14-8-13(12)14)15(18)19-10-11-4-2-1-3-5-11/h1-5,12-14,17H,6-10H2. The second-order valence-corrected chi connectivity index (χ2v) is 5.43. The van der Waals surface area contributed by atoms with Crippen LogP contribution in [0.15, 0.2) is 30.3 Å². The topological polar surface area (TPSA) is 49.8 Å². The molecule has 1 amide bonds. The van der Waals surface area contributed by atoms with Gasteiger partial charge in [-0.1, -0.05) is 30.3 Å². The van der Waals surface area contributed by atoms with E-state index in [1.807, 2.05) is 35.2 Å². The van der Waals surface area contributed by atoms with Gasteiger partial charge in [-0.05, 0) is 30.2 Å². The molecular formula is C15H19NO3. The summed E-state index contributed by atoms with van der Waals surface area (Å²) in [6.45, 7) is 1.28. The van der Waals surface area contributed by atoms with Gasteiger partial charge in [-0.15, -0.1) is 0 Å². The smallest absolute Gasteiger partial charge is 0.410 e. The molecule has 1 aromatic rings. The third-order valence-electron chi connectivity index (χ3n) is 4.23. The maximum Gasteiger partial charge on any atom is 0.410 e. The monoisotopic (exact) mass is 261 g/mol. The van der Waals surface area contributed by atoms with Gasteiger partial charge in [0.2, 0.25) is 0 Å². The van der Waals surface area contributed by atoms with E-state index in [4.69, 9.17) is 4.74 Å². The zero-order valence-corrected chi connectivity index (χ0v) is 10.9. The predicted molar refractivity (Wildman–Crippen MR) is 70.4 cm³/mol. The molecule has 2 fully saturated rings. The second kappa shape index (κ2) is 5.21. The molecule has 0 radical (unpaired) electrons. The number of nitrogens with zero attached hydrogens (tertiary/aromatic N) is 1. The fourth-order valence-corrected chi connectivity index (χ4v) is 3.01. The van der Waals surface area contributed by atoms with Crippen molar-refractivity contribution in [2.45, 2.75) is 25.5 Å². The Kier molecular flexibility index (Phi) is 3.42. The number of ether oxygens (including phenoxy) is 1. The van der Waals surface area contributed by atoms with Crippen LogP contribution in [-0.2, 0) is 11.3 Å². The lowest BCUT2D eigenvalue weighted by Gasteiger charge is -2.29. The summed E-state index contributed by atoms with van der Waals surface area (Å²) < 4.78 is 5.36. The van der Waals surface area contributed by atoms with Crippen molar-refractivity contribution in [2.24, 2.45) is 11.8 Å². The molecule has 4 heteroatoms. The van der Waals surface area contributed by atoms with E-state index in [0.717, 1.165) is 18.4 Å². The number of aliphatic hydroxyl groups is 1. The minimum atomic E-state index is -0.215. The molecular weight excluding hydrogens is 242 g/mol. The molecule has 102 valence electrons. The van der Waals surface area contributed by atoms with Crippen molar-refractivity contribution in [2.75, 3.05) is 13.2 Å². The van der Waals surface area contributed by atoms with Gasteiger partial charge >= 0.3 is 6.09 Å². The van der Waals surface area contributed by atoms with Gasteiger partial charge in [0.1, 0.15) is 6.61 Å². The number of amides is 1. The lowest BCUT2D eigenvalue weighted by Crippen LogP contribution is -2.40. The first-order valence-corrected chi connectivity index (χ1v) is 6.88. The summed E-state index contributed by atoms with van der Waals surface area (Å²) >= 11 is 0. The van der Waals surface area contributed by atoms with Gasteiger partial charge in [-0.3, -0.25) is 0 Å². The lowest BCUT2D eigenvalue weighted by atomic mass is 9.97. The SMILES string of the molecule is O=C(OCc1ccccc1)N1CCC(CO)C2CC21. The van der Waals surface area contributed by atoms with Crippen LogP contribution in [0.1, 0.15) is 18.4 Å². The number of carbonyl (C=O) groups is 1. The van der Waals surface area contributed by atoms with Crippen LogP contribution < -0.4 is 0 Å². The number of benzene rings is 1. The molecule has 4 nitrogen and oxygen atoms in total. The average Bonchev–Trinajstić information content (AvgIpc) is 3.25.